The molecule has 1 amide bonds. The quantitative estimate of drug-likeness (QED) is 0.631. The Kier molecular flexibility index (Phi) is 8.86. The highest BCUT2D eigenvalue weighted by molar-refractivity contribution is 5.90. The molecule has 3 heteroatoms. The molecule has 0 heterocycles. The Morgan fingerprint density at radius 2 is 1.61 bits per heavy atom. The molecule has 0 bridgehead atoms. The summed E-state index contributed by atoms with van der Waals surface area (Å²) < 4.78 is 0. The number of nitrogens with one attached hydrogen (secondary N) is 1. The normalized spacial score (nSPS) is 18.4. The van der Waals surface area contributed by atoms with Crippen molar-refractivity contribution in [3.8, 4) is 0 Å². The maximum atomic E-state index is 12.5. The average Bonchev–Trinajstić information content (AvgIpc) is 3.06. The molecule has 1 N–H and O–H groups in total. The van der Waals surface area contributed by atoms with Crippen LogP contribution in [0.3, 0.4) is 0 Å². The van der Waals surface area contributed by atoms with Crippen molar-refractivity contribution in [3.05, 3.63) is 0 Å². The molecule has 0 aromatic heterocycles. The summed E-state index contributed by atoms with van der Waals surface area (Å²) in [4.78, 5) is 24.8. The van der Waals surface area contributed by atoms with E-state index in [9.17, 15) is 9.59 Å². The van der Waals surface area contributed by atoms with E-state index in [-0.39, 0.29) is 29.6 Å². The van der Waals surface area contributed by atoms with Gasteiger partial charge in [-0.25, -0.2) is 0 Å². The van der Waals surface area contributed by atoms with Crippen LogP contribution in [0.25, 0.3) is 0 Å². The zero-order chi connectivity index (χ0) is 17.4. The second kappa shape index (κ2) is 10.1. The van der Waals surface area contributed by atoms with Gasteiger partial charge in [0, 0.05) is 12.3 Å². The molecule has 1 aliphatic carbocycles. The van der Waals surface area contributed by atoms with E-state index in [4.69, 9.17) is 0 Å². The number of hydrogen-bond acceptors (Lipinski definition) is 2. The number of hydrogen-bond donors (Lipinski definition) is 1. The Morgan fingerprint density at radius 3 is 2.09 bits per heavy atom. The van der Waals surface area contributed by atoms with Crippen LogP contribution in [-0.4, -0.2) is 17.7 Å². The zero-order valence-corrected chi connectivity index (χ0v) is 15.9. The van der Waals surface area contributed by atoms with Gasteiger partial charge < -0.3 is 5.32 Å². The van der Waals surface area contributed by atoms with Crippen LogP contribution in [0.2, 0.25) is 0 Å². The average molecular weight is 324 g/mol. The lowest BCUT2D eigenvalue weighted by Crippen LogP contribution is -2.47. The smallest absolute Gasteiger partial charge is 0.220 e. The highest BCUT2D eigenvalue weighted by Gasteiger charge is 2.29. The topological polar surface area (TPSA) is 46.2 Å². The van der Waals surface area contributed by atoms with Gasteiger partial charge in [-0.1, -0.05) is 73.1 Å². The second-order valence-electron chi connectivity index (χ2n) is 7.74. The number of carbonyl (C=O) groups excluding carboxylic acids is 2. The van der Waals surface area contributed by atoms with Crippen LogP contribution in [-0.2, 0) is 9.59 Å². The third-order valence-electron chi connectivity index (χ3n) is 5.74. The lowest BCUT2D eigenvalue weighted by atomic mass is 9.86. The van der Waals surface area contributed by atoms with Crippen LogP contribution >= 0.6 is 0 Å². The van der Waals surface area contributed by atoms with Crippen LogP contribution in [0.5, 0.6) is 0 Å². The van der Waals surface area contributed by atoms with Crippen molar-refractivity contribution in [2.24, 2.45) is 23.7 Å². The van der Waals surface area contributed by atoms with Crippen molar-refractivity contribution >= 4 is 11.7 Å². The molecule has 2 unspecified atom stereocenters. The summed E-state index contributed by atoms with van der Waals surface area (Å²) in [6.07, 6.45) is 8.70. The molecule has 134 valence electrons. The predicted molar refractivity (Wildman–Crippen MR) is 96.2 cm³/mol. The van der Waals surface area contributed by atoms with Crippen LogP contribution in [0, 0.1) is 23.7 Å². The molecule has 0 aromatic carbocycles. The Bertz CT molecular complexity index is 368. The van der Waals surface area contributed by atoms with E-state index in [1.54, 1.807) is 0 Å². The number of ketones is 1. The van der Waals surface area contributed by atoms with Crippen molar-refractivity contribution in [1.82, 2.24) is 5.32 Å². The third kappa shape index (κ3) is 6.27. The molecular weight excluding hydrogens is 286 g/mol. The van der Waals surface area contributed by atoms with Gasteiger partial charge in [-0.05, 0) is 24.2 Å². The summed E-state index contributed by atoms with van der Waals surface area (Å²) in [5, 5.41) is 3.06. The molecule has 0 aromatic rings. The third-order valence-corrected chi connectivity index (χ3v) is 5.74. The molecule has 0 saturated heterocycles. The van der Waals surface area contributed by atoms with Crippen molar-refractivity contribution in [1.29, 1.82) is 0 Å². The first-order valence-electron chi connectivity index (χ1n) is 9.73. The first kappa shape index (κ1) is 20.2. The highest BCUT2D eigenvalue weighted by Crippen LogP contribution is 2.33. The summed E-state index contributed by atoms with van der Waals surface area (Å²) in [6.45, 7) is 10.3. The number of rotatable bonds is 10. The Hall–Kier alpha value is -0.860. The van der Waals surface area contributed by atoms with E-state index in [1.165, 1.54) is 25.7 Å². The molecule has 0 aliphatic heterocycles. The lowest BCUT2D eigenvalue weighted by Gasteiger charge is -2.27. The van der Waals surface area contributed by atoms with Gasteiger partial charge in [0.1, 0.15) is 0 Å². The van der Waals surface area contributed by atoms with Gasteiger partial charge in [-0.15, -0.1) is 0 Å². The fraction of sp³-hybridized carbons (Fsp3) is 0.900. The van der Waals surface area contributed by atoms with Crippen molar-refractivity contribution in [2.45, 2.75) is 92.0 Å². The molecule has 3 nitrogen and oxygen atoms in total. The van der Waals surface area contributed by atoms with E-state index >= 15 is 0 Å². The highest BCUT2D eigenvalue weighted by atomic mass is 16.2. The summed E-state index contributed by atoms with van der Waals surface area (Å²) in [7, 11) is 0. The van der Waals surface area contributed by atoms with Crippen molar-refractivity contribution in [2.75, 3.05) is 0 Å². The first-order chi connectivity index (χ1) is 10.9. The maximum Gasteiger partial charge on any atom is 0.220 e. The lowest BCUT2D eigenvalue weighted by molar-refractivity contribution is -0.131. The van der Waals surface area contributed by atoms with Crippen LogP contribution in [0.1, 0.15) is 86.0 Å². The molecule has 1 aliphatic rings. The summed E-state index contributed by atoms with van der Waals surface area (Å²) in [5.74, 6) is 1.88. The van der Waals surface area contributed by atoms with Gasteiger partial charge in [-0.3, -0.25) is 9.59 Å². The molecule has 1 fully saturated rings. The summed E-state index contributed by atoms with van der Waals surface area (Å²) in [6, 6.07) is -0.306. The minimum absolute atomic E-state index is 0.0293. The van der Waals surface area contributed by atoms with Crippen LogP contribution in [0.15, 0.2) is 0 Å². The van der Waals surface area contributed by atoms with Crippen LogP contribution < -0.4 is 5.32 Å². The van der Waals surface area contributed by atoms with Gasteiger partial charge in [0.2, 0.25) is 5.91 Å². The van der Waals surface area contributed by atoms with Gasteiger partial charge in [0.15, 0.2) is 5.78 Å². The maximum absolute atomic E-state index is 12.5. The standard InChI is InChI=1S/C20H37NO2/c1-6-16(7-2)19(20(23)14(3)4)21-18(22)13-12-15(5)17-10-8-9-11-17/h14-17,19H,6-13H2,1-5H3,(H,21,22). The predicted octanol–water partition coefficient (Wildman–Crippen LogP) is 4.74. The molecule has 1 saturated carbocycles. The van der Waals surface area contributed by atoms with Crippen molar-refractivity contribution in [3.63, 3.8) is 0 Å². The van der Waals surface area contributed by atoms with E-state index in [0.717, 1.165) is 25.2 Å². The monoisotopic (exact) mass is 323 g/mol. The molecule has 0 radical (unpaired) electrons. The fourth-order valence-corrected chi connectivity index (χ4v) is 3.91. The van der Waals surface area contributed by atoms with E-state index in [0.29, 0.717) is 12.3 Å². The molecule has 2 atom stereocenters. The Labute approximate surface area is 143 Å². The number of Topliss-reactive ketones (excluding diaryl/α,β-unsaturated/α-hetero) is 1. The van der Waals surface area contributed by atoms with Gasteiger partial charge >= 0.3 is 0 Å². The van der Waals surface area contributed by atoms with Crippen molar-refractivity contribution < 1.29 is 9.59 Å². The van der Waals surface area contributed by atoms with Crippen LogP contribution in [0.4, 0.5) is 0 Å². The van der Waals surface area contributed by atoms with Gasteiger partial charge in [0.25, 0.3) is 0 Å². The van der Waals surface area contributed by atoms with Gasteiger partial charge in [-0.2, -0.15) is 0 Å². The van der Waals surface area contributed by atoms with E-state index in [2.05, 4.69) is 26.1 Å². The second-order valence-corrected chi connectivity index (χ2v) is 7.74. The minimum atomic E-state index is -0.306. The molecule has 1 rings (SSSR count). The zero-order valence-electron chi connectivity index (χ0n) is 15.9. The molecule has 23 heavy (non-hydrogen) atoms. The Balaban J connectivity index is 2.53. The largest absolute Gasteiger partial charge is 0.346 e. The fourth-order valence-electron chi connectivity index (χ4n) is 3.91. The first-order valence-corrected chi connectivity index (χ1v) is 9.73. The summed E-state index contributed by atoms with van der Waals surface area (Å²) in [5.41, 5.74) is 0. The molecule has 0 spiro atoms. The minimum Gasteiger partial charge on any atom is -0.346 e. The molecular formula is C20H37NO2. The van der Waals surface area contributed by atoms with E-state index < -0.39 is 0 Å². The SMILES string of the molecule is CCC(CC)C(NC(=O)CCC(C)C1CCCC1)C(=O)C(C)C. The van der Waals surface area contributed by atoms with Gasteiger partial charge in [0.05, 0.1) is 6.04 Å². The number of amides is 1. The Morgan fingerprint density at radius 1 is 1.04 bits per heavy atom. The summed E-state index contributed by atoms with van der Waals surface area (Å²) >= 11 is 0. The van der Waals surface area contributed by atoms with E-state index in [1.807, 2.05) is 13.8 Å². The number of carbonyl (C=O) groups is 2.